The van der Waals surface area contributed by atoms with E-state index in [9.17, 15) is 9.18 Å². The lowest BCUT2D eigenvalue weighted by Crippen LogP contribution is -2.35. The van der Waals surface area contributed by atoms with E-state index < -0.39 is 5.60 Å². The smallest absolute Gasteiger partial charge is 0.262 e. The first kappa shape index (κ1) is 29.3. The minimum Gasteiger partial charge on any atom is -0.493 e. The molecule has 3 heterocycles. The van der Waals surface area contributed by atoms with Crippen LogP contribution in [0.1, 0.15) is 46.4 Å². The van der Waals surface area contributed by atoms with Gasteiger partial charge in [0.1, 0.15) is 11.6 Å². The van der Waals surface area contributed by atoms with Crippen LogP contribution in [0.3, 0.4) is 0 Å². The summed E-state index contributed by atoms with van der Waals surface area (Å²) >= 11 is 0. The van der Waals surface area contributed by atoms with Gasteiger partial charge in [-0.05, 0) is 47.9 Å². The number of nitrogens with zero attached hydrogens (tertiary/aromatic N) is 2. The summed E-state index contributed by atoms with van der Waals surface area (Å²) in [6.45, 7) is 4.19. The van der Waals surface area contributed by atoms with Crippen LogP contribution in [0, 0.1) is 5.82 Å². The second-order valence-electron chi connectivity index (χ2n) is 10.7. The Hall–Kier alpha value is -3.23. The molecule has 41 heavy (non-hydrogen) atoms. The first-order valence-electron chi connectivity index (χ1n) is 14.1. The molecule has 0 amide bonds. The fourth-order valence-corrected chi connectivity index (χ4v) is 6.20. The molecule has 0 unspecified atom stereocenters. The number of rotatable bonds is 8. The Balaban J connectivity index is 0.00000337. The van der Waals surface area contributed by atoms with Gasteiger partial charge in [0.05, 0.1) is 17.7 Å². The summed E-state index contributed by atoms with van der Waals surface area (Å²) in [7, 11) is 1.68. The fourth-order valence-electron chi connectivity index (χ4n) is 6.20. The van der Waals surface area contributed by atoms with E-state index in [4.69, 9.17) is 14.2 Å². The van der Waals surface area contributed by atoms with Crippen LogP contribution in [0.5, 0.6) is 5.75 Å². The van der Waals surface area contributed by atoms with E-state index in [-0.39, 0.29) is 24.1 Å². The average molecular weight is 579 g/mol. The minimum absolute atomic E-state index is 0. The molecule has 1 aromatic heterocycles. The Morgan fingerprint density at radius 3 is 2.56 bits per heavy atom. The van der Waals surface area contributed by atoms with E-state index in [2.05, 4.69) is 11.0 Å². The number of hydrogen-bond donors (Lipinski definition) is 0. The zero-order valence-electron chi connectivity index (χ0n) is 23.3. The van der Waals surface area contributed by atoms with Gasteiger partial charge in [-0.3, -0.25) is 14.3 Å². The fraction of sp³-hybridized carbons (Fsp3) is 0.364. The van der Waals surface area contributed by atoms with Crippen molar-refractivity contribution in [1.82, 2.24) is 9.47 Å². The summed E-state index contributed by atoms with van der Waals surface area (Å²) in [5.74, 6) is 0.229. The number of fused-ring (bicyclic) bond motifs is 3. The van der Waals surface area contributed by atoms with E-state index >= 15 is 0 Å². The molecule has 6 nitrogen and oxygen atoms in total. The van der Waals surface area contributed by atoms with Gasteiger partial charge in [-0.15, -0.1) is 12.4 Å². The van der Waals surface area contributed by atoms with Gasteiger partial charge in [0.2, 0.25) is 0 Å². The van der Waals surface area contributed by atoms with Crippen LogP contribution in [-0.2, 0) is 28.0 Å². The molecule has 216 valence electrons. The van der Waals surface area contributed by atoms with E-state index in [1.54, 1.807) is 13.2 Å². The molecule has 0 atom stereocenters. The van der Waals surface area contributed by atoms with Crippen molar-refractivity contribution in [3.63, 3.8) is 0 Å². The molecule has 3 aromatic carbocycles. The highest BCUT2D eigenvalue weighted by Crippen LogP contribution is 2.37. The molecule has 0 N–H and O–H groups in total. The van der Waals surface area contributed by atoms with Gasteiger partial charge in [0.25, 0.3) is 5.91 Å². The largest absolute Gasteiger partial charge is 0.493 e. The summed E-state index contributed by atoms with van der Waals surface area (Å²) in [5, 5.41) is 1.13. The van der Waals surface area contributed by atoms with Gasteiger partial charge in [-0.25, -0.2) is 4.39 Å². The number of ether oxygens (including phenoxy) is 3. The lowest BCUT2D eigenvalue weighted by molar-refractivity contribution is -0.0950. The van der Waals surface area contributed by atoms with E-state index in [0.717, 1.165) is 54.6 Å². The van der Waals surface area contributed by atoms with E-state index in [1.807, 2.05) is 59.2 Å². The van der Waals surface area contributed by atoms with Crippen LogP contribution in [0.25, 0.3) is 10.9 Å². The molecule has 2 aliphatic heterocycles. The molecule has 0 bridgehead atoms. The lowest BCUT2D eigenvalue weighted by atomic mass is 9.86. The third kappa shape index (κ3) is 5.90. The molecule has 2 aliphatic rings. The van der Waals surface area contributed by atoms with Gasteiger partial charge in [0.15, 0.2) is 0 Å². The van der Waals surface area contributed by atoms with Gasteiger partial charge >= 0.3 is 0 Å². The normalized spacial score (nSPS) is 16.6. The second-order valence-corrected chi connectivity index (χ2v) is 10.7. The molecule has 0 spiro atoms. The Bertz CT molecular complexity index is 1500. The van der Waals surface area contributed by atoms with Crippen LogP contribution >= 0.6 is 12.4 Å². The predicted molar refractivity (Wildman–Crippen MR) is 160 cm³/mol. The summed E-state index contributed by atoms with van der Waals surface area (Å²) in [5.41, 5.74) is 4.26. The molecule has 0 radical (unpaired) electrons. The number of aromatic nitrogens is 1. The van der Waals surface area contributed by atoms with E-state index in [1.165, 1.54) is 11.6 Å². The molecule has 8 heteroatoms. The van der Waals surface area contributed by atoms with Crippen molar-refractivity contribution in [2.45, 2.75) is 37.8 Å². The molecular formula is C33H36ClFN2O4. The van der Waals surface area contributed by atoms with Crippen molar-refractivity contribution in [3.8, 4) is 5.75 Å². The third-order valence-electron chi connectivity index (χ3n) is 8.33. The topological polar surface area (TPSA) is 52.9 Å². The van der Waals surface area contributed by atoms with Crippen molar-refractivity contribution in [1.29, 1.82) is 0 Å². The molecule has 0 aliphatic carbocycles. The third-order valence-corrected chi connectivity index (χ3v) is 8.33. The summed E-state index contributed by atoms with van der Waals surface area (Å²) in [6.07, 6.45) is 3.00. The van der Waals surface area contributed by atoms with Crippen LogP contribution in [-0.4, -0.2) is 55.4 Å². The van der Waals surface area contributed by atoms with Gasteiger partial charge < -0.3 is 14.2 Å². The lowest BCUT2D eigenvalue weighted by Gasteiger charge is -2.36. The highest BCUT2D eigenvalue weighted by atomic mass is 35.5. The quantitative estimate of drug-likeness (QED) is 0.227. The van der Waals surface area contributed by atoms with Crippen LogP contribution in [0.2, 0.25) is 0 Å². The number of halogens is 2. The Labute approximate surface area is 246 Å². The Morgan fingerprint density at radius 1 is 1.02 bits per heavy atom. The monoisotopic (exact) mass is 578 g/mol. The summed E-state index contributed by atoms with van der Waals surface area (Å²) < 4.78 is 33.8. The molecular weight excluding hydrogens is 543 g/mol. The summed E-state index contributed by atoms with van der Waals surface area (Å²) in [6, 6.07) is 22.6. The number of carbonyl (C=O) groups excluding carboxylic acids is 1. The minimum atomic E-state index is -0.537. The van der Waals surface area contributed by atoms with Gasteiger partial charge in [0, 0.05) is 81.9 Å². The van der Waals surface area contributed by atoms with Crippen LogP contribution < -0.4 is 4.74 Å². The van der Waals surface area contributed by atoms with Crippen molar-refractivity contribution in [2.75, 3.05) is 40.0 Å². The Kier molecular flexibility index (Phi) is 9.09. The Morgan fingerprint density at radius 2 is 1.78 bits per heavy atom. The predicted octanol–water partition coefficient (Wildman–Crippen LogP) is 6.37. The maximum Gasteiger partial charge on any atom is 0.262 e. The van der Waals surface area contributed by atoms with Crippen molar-refractivity contribution in [3.05, 3.63) is 101 Å². The van der Waals surface area contributed by atoms with Gasteiger partial charge in [-0.2, -0.15) is 0 Å². The van der Waals surface area contributed by atoms with Gasteiger partial charge in [-0.1, -0.05) is 36.4 Å². The van der Waals surface area contributed by atoms with E-state index in [0.29, 0.717) is 44.0 Å². The number of carbonyl (C=O) groups is 1. The number of para-hydroxylation sites is 1. The zero-order valence-corrected chi connectivity index (χ0v) is 24.1. The number of methoxy groups -OCH3 is 1. The van der Waals surface area contributed by atoms with Crippen molar-refractivity contribution < 1.29 is 23.4 Å². The molecule has 4 aromatic rings. The summed E-state index contributed by atoms with van der Waals surface area (Å²) in [4.78, 5) is 15.9. The zero-order chi connectivity index (χ0) is 27.5. The molecule has 6 rings (SSSR count). The van der Waals surface area contributed by atoms with Crippen LogP contribution in [0.15, 0.2) is 72.8 Å². The maximum atomic E-state index is 14.5. The molecule has 1 saturated heterocycles. The first-order chi connectivity index (χ1) is 19.6. The standard InChI is InChI=1S/C33H35FN2O4.ClH/c1-38-33(13-18-39-19-14-33)25-20-26(34)22-27(21-25)40-17-7-15-35-16-12-31-29(23-35)28-10-5-6-11-30(28)36(31)32(37)24-8-3-2-4-9-24;/h2-6,8-11,20-22H,7,12-19,23H2,1H3;1H. The SMILES string of the molecule is COC1(c2cc(F)cc(OCCCN3CCc4c(c5ccccc5n4C(=O)c4ccccc4)C3)c2)CCOCC1.Cl. The van der Waals surface area contributed by atoms with Crippen molar-refractivity contribution >= 4 is 29.2 Å². The average Bonchev–Trinajstić information content (AvgIpc) is 3.33. The molecule has 1 fully saturated rings. The molecule has 0 saturated carbocycles. The van der Waals surface area contributed by atoms with Crippen molar-refractivity contribution in [2.24, 2.45) is 0 Å². The van der Waals surface area contributed by atoms with Crippen LogP contribution in [0.4, 0.5) is 4.39 Å². The highest BCUT2D eigenvalue weighted by Gasteiger charge is 2.35. The highest BCUT2D eigenvalue weighted by molar-refractivity contribution is 6.04. The number of hydrogen-bond acceptors (Lipinski definition) is 5. The maximum absolute atomic E-state index is 14.5. The first-order valence-corrected chi connectivity index (χ1v) is 14.1. The number of benzene rings is 3. The second kappa shape index (κ2) is 12.7.